The summed E-state index contributed by atoms with van der Waals surface area (Å²) >= 11 is 0. The Morgan fingerprint density at radius 2 is 1.46 bits per heavy atom. The van der Waals surface area contributed by atoms with Gasteiger partial charge in [-0.25, -0.2) is 0 Å². The highest BCUT2D eigenvalue weighted by atomic mass is 15.3. The zero-order valence-corrected chi connectivity index (χ0v) is 9.07. The molecule has 0 saturated carbocycles. The highest BCUT2D eigenvalue weighted by Crippen LogP contribution is 2.04. The first-order valence-electron chi connectivity index (χ1n) is 4.80. The summed E-state index contributed by atoms with van der Waals surface area (Å²) in [6.07, 6.45) is 0.790. The molecule has 0 aliphatic heterocycles. The summed E-state index contributed by atoms with van der Waals surface area (Å²) in [4.78, 5) is 0. The summed E-state index contributed by atoms with van der Waals surface area (Å²) in [5.74, 6) is 1.72. The van der Waals surface area contributed by atoms with Gasteiger partial charge in [0.2, 0.25) is 0 Å². The zero-order valence-electron chi connectivity index (χ0n) is 9.07. The minimum atomic E-state index is 0.306. The number of aromatic nitrogens is 4. The number of aryl methyl sites for hydroxylation is 1. The Bertz CT molecular complexity index is 218. The van der Waals surface area contributed by atoms with Crippen LogP contribution in [0, 0.1) is 0 Å². The van der Waals surface area contributed by atoms with Crippen molar-refractivity contribution in [3.8, 4) is 0 Å². The Kier molecular flexibility index (Phi) is 5.93. The van der Waals surface area contributed by atoms with Crippen molar-refractivity contribution in [2.75, 3.05) is 0 Å². The van der Waals surface area contributed by atoms with Crippen LogP contribution in [0.15, 0.2) is 0 Å². The van der Waals surface area contributed by atoms with Gasteiger partial charge in [0.1, 0.15) is 0 Å². The normalized spacial score (nSPS) is 9.38. The third-order valence-electron chi connectivity index (χ3n) is 1.37. The molecule has 1 heterocycles. The summed E-state index contributed by atoms with van der Waals surface area (Å²) in [5.41, 5.74) is 0. The molecular weight excluding hydrogens is 164 g/mol. The molecule has 4 heteroatoms. The lowest BCUT2D eigenvalue weighted by Crippen LogP contribution is -2.05. The topological polar surface area (TPSA) is 51.6 Å². The summed E-state index contributed by atoms with van der Waals surface area (Å²) in [6.45, 7) is 10.0. The monoisotopic (exact) mass is 182 g/mol. The van der Waals surface area contributed by atoms with E-state index in [-0.39, 0.29) is 0 Å². The number of hydrogen-bond acceptors (Lipinski definition) is 4. The minimum absolute atomic E-state index is 0.306. The lowest BCUT2D eigenvalue weighted by molar-refractivity contribution is 0.660. The predicted octanol–water partition coefficient (Wildman–Crippen LogP) is 1.98. The molecule has 0 aromatic carbocycles. The van der Waals surface area contributed by atoms with Gasteiger partial charge in [-0.1, -0.05) is 34.6 Å². The number of hydrogen-bond donors (Lipinski definition) is 0. The van der Waals surface area contributed by atoms with Gasteiger partial charge in [-0.3, -0.25) is 0 Å². The minimum Gasteiger partial charge on any atom is -0.132 e. The molecule has 0 N–H and O–H groups in total. The Balaban J connectivity index is 0.000000671. The van der Waals surface area contributed by atoms with Gasteiger partial charge in [0.25, 0.3) is 0 Å². The standard InChI is InChI=1S/C7H12N4.C2H6/c1-4-6-8-10-7(5(2)3)11-9-6;1-2/h5H,4H2,1-3H3;1-2H3. The van der Waals surface area contributed by atoms with E-state index in [1.165, 1.54) is 0 Å². The maximum Gasteiger partial charge on any atom is 0.176 e. The molecule has 0 unspecified atom stereocenters. The molecule has 4 nitrogen and oxygen atoms in total. The Hall–Kier alpha value is -1.06. The molecule has 0 fully saturated rings. The molecular formula is C9H18N4. The molecule has 74 valence electrons. The van der Waals surface area contributed by atoms with Crippen molar-refractivity contribution in [3.63, 3.8) is 0 Å². The zero-order chi connectivity index (χ0) is 10.3. The van der Waals surface area contributed by atoms with Gasteiger partial charge in [-0.05, 0) is 0 Å². The molecule has 1 aromatic heterocycles. The highest BCUT2D eigenvalue weighted by Gasteiger charge is 2.03. The van der Waals surface area contributed by atoms with Crippen LogP contribution in [0.25, 0.3) is 0 Å². The van der Waals surface area contributed by atoms with Crippen LogP contribution < -0.4 is 0 Å². The number of rotatable bonds is 2. The smallest absolute Gasteiger partial charge is 0.132 e. The second-order valence-corrected chi connectivity index (χ2v) is 2.68. The van der Waals surface area contributed by atoms with Crippen LogP contribution in [0.1, 0.15) is 52.2 Å². The summed E-state index contributed by atoms with van der Waals surface area (Å²) in [6, 6.07) is 0. The predicted molar refractivity (Wildman–Crippen MR) is 52.4 cm³/mol. The Morgan fingerprint density at radius 3 is 1.77 bits per heavy atom. The molecule has 0 radical (unpaired) electrons. The van der Waals surface area contributed by atoms with Crippen molar-refractivity contribution >= 4 is 0 Å². The first-order valence-corrected chi connectivity index (χ1v) is 4.80. The molecule has 0 aliphatic rings. The fraction of sp³-hybridized carbons (Fsp3) is 0.778. The van der Waals surface area contributed by atoms with Gasteiger partial charge < -0.3 is 0 Å². The molecule has 13 heavy (non-hydrogen) atoms. The van der Waals surface area contributed by atoms with E-state index in [0.29, 0.717) is 17.6 Å². The highest BCUT2D eigenvalue weighted by molar-refractivity contribution is 4.87. The summed E-state index contributed by atoms with van der Waals surface area (Å²) in [5, 5.41) is 15.6. The fourth-order valence-electron chi connectivity index (χ4n) is 0.630. The maximum absolute atomic E-state index is 3.93. The van der Waals surface area contributed by atoms with Gasteiger partial charge in [0, 0.05) is 12.3 Å². The Labute approximate surface area is 79.8 Å². The van der Waals surface area contributed by atoms with E-state index in [1.54, 1.807) is 0 Å². The molecule has 0 aliphatic carbocycles. The SMILES string of the molecule is CC.CCc1nnc(C(C)C)nn1. The summed E-state index contributed by atoms with van der Waals surface area (Å²) in [7, 11) is 0. The lowest BCUT2D eigenvalue weighted by Gasteiger charge is -1.99. The molecule has 0 atom stereocenters. The molecule has 0 saturated heterocycles. The van der Waals surface area contributed by atoms with Crippen molar-refractivity contribution in [1.29, 1.82) is 0 Å². The fourth-order valence-corrected chi connectivity index (χ4v) is 0.630. The van der Waals surface area contributed by atoms with Gasteiger partial charge in [-0.2, -0.15) is 0 Å². The van der Waals surface area contributed by atoms with E-state index in [1.807, 2.05) is 34.6 Å². The first kappa shape index (κ1) is 11.9. The quantitative estimate of drug-likeness (QED) is 0.701. The van der Waals surface area contributed by atoms with Gasteiger partial charge >= 0.3 is 0 Å². The maximum atomic E-state index is 3.93. The average molecular weight is 182 g/mol. The van der Waals surface area contributed by atoms with Crippen LogP contribution >= 0.6 is 0 Å². The third kappa shape index (κ3) is 3.92. The number of nitrogens with zero attached hydrogens (tertiary/aromatic N) is 4. The van der Waals surface area contributed by atoms with Gasteiger partial charge in [0.05, 0.1) is 0 Å². The van der Waals surface area contributed by atoms with E-state index < -0.39 is 0 Å². The van der Waals surface area contributed by atoms with Crippen molar-refractivity contribution in [2.45, 2.75) is 47.0 Å². The van der Waals surface area contributed by atoms with Crippen molar-refractivity contribution in [1.82, 2.24) is 20.4 Å². The largest absolute Gasteiger partial charge is 0.176 e. The molecule has 1 rings (SSSR count). The molecule has 0 amide bonds. The van der Waals surface area contributed by atoms with Crippen molar-refractivity contribution < 1.29 is 0 Å². The van der Waals surface area contributed by atoms with Crippen LogP contribution in [-0.4, -0.2) is 20.4 Å². The van der Waals surface area contributed by atoms with Gasteiger partial charge in [0.15, 0.2) is 11.6 Å². The van der Waals surface area contributed by atoms with Crippen molar-refractivity contribution in [3.05, 3.63) is 11.6 Å². The Morgan fingerprint density at radius 1 is 1.00 bits per heavy atom. The lowest BCUT2D eigenvalue weighted by atomic mass is 10.2. The van der Waals surface area contributed by atoms with Crippen LogP contribution in [0.3, 0.4) is 0 Å². The van der Waals surface area contributed by atoms with E-state index in [9.17, 15) is 0 Å². The van der Waals surface area contributed by atoms with Gasteiger partial charge in [-0.15, -0.1) is 20.4 Å². The van der Waals surface area contributed by atoms with Crippen LogP contribution in [0.5, 0.6) is 0 Å². The van der Waals surface area contributed by atoms with Crippen LogP contribution in [0.2, 0.25) is 0 Å². The van der Waals surface area contributed by atoms with E-state index in [2.05, 4.69) is 20.4 Å². The molecule has 1 aromatic rings. The second-order valence-electron chi connectivity index (χ2n) is 2.68. The average Bonchev–Trinajstić information content (AvgIpc) is 2.21. The van der Waals surface area contributed by atoms with Crippen LogP contribution in [0.4, 0.5) is 0 Å². The van der Waals surface area contributed by atoms with E-state index >= 15 is 0 Å². The molecule has 0 bridgehead atoms. The van der Waals surface area contributed by atoms with E-state index in [4.69, 9.17) is 0 Å². The second kappa shape index (κ2) is 6.46. The van der Waals surface area contributed by atoms with Crippen LogP contribution in [-0.2, 0) is 6.42 Å². The van der Waals surface area contributed by atoms with E-state index in [0.717, 1.165) is 6.42 Å². The first-order chi connectivity index (χ1) is 6.24. The summed E-state index contributed by atoms with van der Waals surface area (Å²) < 4.78 is 0. The molecule has 0 spiro atoms. The van der Waals surface area contributed by atoms with Crippen molar-refractivity contribution in [2.24, 2.45) is 0 Å². The third-order valence-corrected chi connectivity index (χ3v) is 1.37.